The summed E-state index contributed by atoms with van der Waals surface area (Å²) in [6.45, 7) is 2.38. The first kappa shape index (κ1) is 11.8. The fourth-order valence-electron chi connectivity index (χ4n) is 2.86. The molecule has 2 fully saturated rings. The SMILES string of the molecule is CSC1CCCCC1NC(C)CC1CC1. The molecule has 0 bridgehead atoms. The van der Waals surface area contributed by atoms with Gasteiger partial charge in [-0.2, -0.15) is 11.8 Å². The van der Waals surface area contributed by atoms with E-state index in [9.17, 15) is 0 Å². The second-order valence-electron chi connectivity index (χ2n) is 5.41. The van der Waals surface area contributed by atoms with E-state index in [0.717, 1.165) is 23.3 Å². The van der Waals surface area contributed by atoms with E-state index in [-0.39, 0.29) is 0 Å². The lowest BCUT2D eigenvalue weighted by Gasteiger charge is -2.33. The summed E-state index contributed by atoms with van der Waals surface area (Å²) in [6.07, 6.45) is 12.4. The Morgan fingerprint density at radius 1 is 1.20 bits per heavy atom. The van der Waals surface area contributed by atoms with Gasteiger partial charge in [0.15, 0.2) is 0 Å². The Hall–Kier alpha value is 0.310. The molecule has 0 heterocycles. The van der Waals surface area contributed by atoms with Crippen LogP contribution >= 0.6 is 11.8 Å². The van der Waals surface area contributed by atoms with Crippen molar-refractivity contribution in [3.63, 3.8) is 0 Å². The zero-order valence-electron chi connectivity index (χ0n) is 10.2. The summed E-state index contributed by atoms with van der Waals surface area (Å²) in [5, 5.41) is 4.75. The summed E-state index contributed by atoms with van der Waals surface area (Å²) >= 11 is 2.07. The molecule has 2 saturated carbocycles. The summed E-state index contributed by atoms with van der Waals surface area (Å²) in [4.78, 5) is 0. The fourth-order valence-corrected chi connectivity index (χ4v) is 3.80. The molecule has 2 rings (SSSR count). The van der Waals surface area contributed by atoms with Crippen molar-refractivity contribution in [1.82, 2.24) is 5.32 Å². The van der Waals surface area contributed by atoms with Crippen LogP contribution in [0, 0.1) is 5.92 Å². The van der Waals surface area contributed by atoms with Crippen molar-refractivity contribution in [3.05, 3.63) is 0 Å². The highest BCUT2D eigenvalue weighted by atomic mass is 32.2. The molecule has 2 aliphatic rings. The molecule has 0 aromatic carbocycles. The molecule has 0 radical (unpaired) electrons. The first-order valence-electron chi connectivity index (χ1n) is 6.58. The minimum Gasteiger partial charge on any atom is -0.310 e. The van der Waals surface area contributed by atoms with Gasteiger partial charge in [0.2, 0.25) is 0 Å². The zero-order valence-corrected chi connectivity index (χ0v) is 11.0. The normalized spacial score (nSPS) is 34.0. The predicted molar refractivity (Wildman–Crippen MR) is 69.5 cm³/mol. The van der Waals surface area contributed by atoms with Crippen LogP contribution in [0.15, 0.2) is 0 Å². The van der Waals surface area contributed by atoms with Crippen LogP contribution in [-0.2, 0) is 0 Å². The Morgan fingerprint density at radius 2 is 1.93 bits per heavy atom. The van der Waals surface area contributed by atoms with Gasteiger partial charge in [0.25, 0.3) is 0 Å². The molecule has 0 aliphatic heterocycles. The second kappa shape index (κ2) is 5.58. The number of hydrogen-bond acceptors (Lipinski definition) is 2. The third-order valence-corrected chi connectivity index (χ3v) is 5.06. The average Bonchev–Trinajstić information content (AvgIpc) is 3.02. The van der Waals surface area contributed by atoms with Crippen molar-refractivity contribution >= 4 is 11.8 Å². The number of nitrogens with one attached hydrogen (secondary N) is 1. The van der Waals surface area contributed by atoms with E-state index in [1.54, 1.807) is 0 Å². The Labute approximate surface area is 98.8 Å². The lowest BCUT2D eigenvalue weighted by atomic mass is 9.94. The maximum atomic E-state index is 3.87. The fraction of sp³-hybridized carbons (Fsp3) is 1.00. The van der Waals surface area contributed by atoms with Gasteiger partial charge in [-0.05, 0) is 38.4 Å². The summed E-state index contributed by atoms with van der Waals surface area (Å²) in [5.41, 5.74) is 0. The topological polar surface area (TPSA) is 12.0 Å². The Kier molecular flexibility index (Phi) is 4.39. The van der Waals surface area contributed by atoms with E-state index < -0.39 is 0 Å². The minimum atomic E-state index is 0.746. The molecule has 2 aliphatic carbocycles. The molecule has 0 aromatic rings. The smallest absolute Gasteiger partial charge is 0.0198 e. The van der Waals surface area contributed by atoms with Crippen molar-refractivity contribution in [1.29, 1.82) is 0 Å². The van der Waals surface area contributed by atoms with Crippen LogP contribution in [0.2, 0.25) is 0 Å². The third-order valence-electron chi connectivity index (χ3n) is 3.89. The summed E-state index contributed by atoms with van der Waals surface area (Å²) in [6, 6.07) is 1.54. The molecule has 0 aromatic heterocycles. The summed E-state index contributed by atoms with van der Waals surface area (Å²) in [7, 11) is 0. The van der Waals surface area contributed by atoms with Crippen molar-refractivity contribution < 1.29 is 0 Å². The summed E-state index contributed by atoms with van der Waals surface area (Å²) in [5.74, 6) is 1.06. The highest BCUT2D eigenvalue weighted by Gasteiger charge is 2.28. The standard InChI is InChI=1S/C13H25NS/c1-10(9-11-7-8-11)14-12-5-3-4-6-13(12)15-2/h10-14H,3-9H2,1-2H3. The highest BCUT2D eigenvalue weighted by molar-refractivity contribution is 7.99. The molecule has 1 N–H and O–H groups in total. The van der Waals surface area contributed by atoms with Gasteiger partial charge in [0.1, 0.15) is 0 Å². The van der Waals surface area contributed by atoms with Gasteiger partial charge < -0.3 is 5.32 Å². The molecule has 3 unspecified atom stereocenters. The minimum absolute atomic E-state index is 0.746. The number of hydrogen-bond donors (Lipinski definition) is 1. The molecule has 0 amide bonds. The van der Waals surface area contributed by atoms with Crippen LogP contribution in [0.1, 0.15) is 51.9 Å². The van der Waals surface area contributed by atoms with Gasteiger partial charge in [-0.15, -0.1) is 0 Å². The Morgan fingerprint density at radius 3 is 2.60 bits per heavy atom. The molecule has 0 spiro atoms. The van der Waals surface area contributed by atoms with Crippen LogP contribution in [-0.4, -0.2) is 23.6 Å². The van der Waals surface area contributed by atoms with Gasteiger partial charge in [0.05, 0.1) is 0 Å². The number of thioether (sulfide) groups is 1. The van der Waals surface area contributed by atoms with Crippen LogP contribution in [0.25, 0.3) is 0 Å². The molecule has 0 saturated heterocycles. The third kappa shape index (κ3) is 3.67. The Bertz CT molecular complexity index is 191. The van der Waals surface area contributed by atoms with Crippen LogP contribution in [0.5, 0.6) is 0 Å². The van der Waals surface area contributed by atoms with E-state index in [4.69, 9.17) is 0 Å². The van der Waals surface area contributed by atoms with Crippen molar-refractivity contribution in [2.24, 2.45) is 5.92 Å². The lowest BCUT2D eigenvalue weighted by molar-refractivity contribution is 0.340. The van der Waals surface area contributed by atoms with E-state index in [2.05, 4.69) is 30.3 Å². The van der Waals surface area contributed by atoms with Gasteiger partial charge >= 0.3 is 0 Å². The molecule has 88 valence electrons. The zero-order chi connectivity index (χ0) is 10.7. The predicted octanol–water partition coefficient (Wildman–Crippen LogP) is 3.44. The van der Waals surface area contributed by atoms with Crippen molar-refractivity contribution in [2.75, 3.05) is 6.26 Å². The Balaban J connectivity index is 1.74. The lowest BCUT2D eigenvalue weighted by Crippen LogP contribution is -2.44. The molecule has 3 atom stereocenters. The van der Waals surface area contributed by atoms with E-state index >= 15 is 0 Å². The van der Waals surface area contributed by atoms with Crippen molar-refractivity contribution in [3.8, 4) is 0 Å². The van der Waals surface area contributed by atoms with Crippen molar-refractivity contribution in [2.45, 2.75) is 69.2 Å². The van der Waals surface area contributed by atoms with Crippen LogP contribution in [0.4, 0.5) is 0 Å². The van der Waals surface area contributed by atoms with Crippen LogP contribution < -0.4 is 5.32 Å². The molecule has 2 heteroatoms. The molecule has 1 nitrogen and oxygen atoms in total. The summed E-state index contributed by atoms with van der Waals surface area (Å²) < 4.78 is 0. The monoisotopic (exact) mass is 227 g/mol. The van der Waals surface area contributed by atoms with Gasteiger partial charge in [0, 0.05) is 17.3 Å². The average molecular weight is 227 g/mol. The first-order chi connectivity index (χ1) is 7.29. The van der Waals surface area contributed by atoms with Crippen LogP contribution in [0.3, 0.4) is 0 Å². The second-order valence-corrected chi connectivity index (χ2v) is 6.49. The molecule has 15 heavy (non-hydrogen) atoms. The largest absolute Gasteiger partial charge is 0.310 e. The molecular formula is C13H25NS. The maximum Gasteiger partial charge on any atom is 0.0198 e. The van der Waals surface area contributed by atoms with Gasteiger partial charge in [-0.1, -0.05) is 25.7 Å². The van der Waals surface area contributed by atoms with E-state index in [1.807, 2.05) is 0 Å². The van der Waals surface area contributed by atoms with Gasteiger partial charge in [-0.3, -0.25) is 0 Å². The molecular weight excluding hydrogens is 202 g/mol. The number of rotatable bonds is 5. The van der Waals surface area contributed by atoms with E-state index in [0.29, 0.717) is 0 Å². The van der Waals surface area contributed by atoms with Gasteiger partial charge in [-0.25, -0.2) is 0 Å². The highest BCUT2D eigenvalue weighted by Crippen LogP contribution is 2.34. The first-order valence-corrected chi connectivity index (χ1v) is 7.87. The maximum absolute atomic E-state index is 3.87. The quantitative estimate of drug-likeness (QED) is 0.772. The van der Waals surface area contributed by atoms with E-state index in [1.165, 1.54) is 44.9 Å².